The Hall–Kier alpha value is -3.41. The number of thiophene rings is 1. The summed E-state index contributed by atoms with van der Waals surface area (Å²) >= 11 is 7.30. The normalized spacial score (nSPS) is 11.1. The number of hydrogen-bond donors (Lipinski definition) is 1. The van der Waals surface area contributed by atoms with E-state index in [1.165, 1.54) is 11.3 Å². The fraction of sp³-hybridized carbons (Fsp3) is 0. The second-order valence-electron chi connectivity index (χ2n) is 6.84. The van der Waals surface area contributed by atoms with Crippen molar-refractivity contribution >= 4 is 33.2 Å². The number of halogens is 1. The SMILES string of the molecule is O=c1[nH]c2scc(-c3ccc(-c4ccccc4)cc3)c2c(=O)n1-c1ccc(Cl)cc1. The molecule has 5 rings (SSSR count). The van der Waals surface area contributed by atoms with Crippen molar-refractivity contribution < 1.29 is 0 Å². The quantitative estimate of drug-likeness (QED) is 0.397. The third-order valence-corrected chi connectivity index (χ3v) is 6.17. The molecule has 5 aromatic rings. The third kappa shape index (κ3) is 3.18. The van der Waals surface area contributed by atoms with Crippen molar-refractivity contribution in [1.29, 1.82) is 0 Å². The molecule has 0 unspecified atom stereocenters. The smallest absolute Gasteiger partial charge is 0.298 e. The molecule has 0 atom stereocenters. The lowest BCUT2D eigenvalue weighted by Crippen LogP contribution is -2.33. The molecule has 2 aromatic heterocycles. The van der Waals surface area contributed by atoms with Crippen LogP contribution < -0.4 is 11.2 Å². The standard InChI is InChI=1S/C24H15ClN2O2S/c25-18-10-12-19(13-11-18)27-23(28)21-20(14-30-22(21)26-24(27)29)17-8-6-16(7-9-17)15-4-2-1-3-5-15/h1-14H,(H,26,29). The van der Waals surface area contributed by atoms with Crippen molar-refractivity contribution in [2.24, 2.45) is 0 Å². The maximum absolute atomic E-state index is 13.3. The Morgan fingerprint density at radius 1 is 0.767 bits per heavy atom. The zero-order valence-electron chi connectivity index (χ0n) is 15.6. The molecule has 0 bridgehead atoms. The van der Waals surface area contributed by atoms with E-state index in [1.54, 1.807) is 24.3 Å². The lowest BCUT2D eigenvalue weighted by molar-refractivity contribution is 0.905. The molecule has 146 valence electrons. The molecule has 0 fully saturated rings. The van der Waals surface area contributed by atoms with Crippen molar-refractivity contribution in [1.82, 2.24) is 9.55 Å². The van der Waals surface area contributed by atoms with Gasteiger partial charge in [-0.15, -0.1) is 11.3 Å². The van der Waals surface area contributed by atoms with Crippen LogP contribution in [0.3, 0.4) is 0 Å². The van der Waals surface area contributed by atoms with Crippen LogP contribution in [-0.4, -0.2) is 9.55 Å². The highest BCUT2D eigenvalue weighted by molar-refractivity contribution is 7.17. The molecule has 0 saturated heterocycles. The van der Waals surface area contributed by atoms with Gasteiger partial charge in [-0.3, -0.25) is 9.78 Å². The average Bonchev–Trinajstić information content (AvgIpc) is 3.20. The van der Waals surface area contributed by atoms with Crippen LogP contribution in [0.5, 0.6) is 0 Å². The number of fused-ring (bicyclic) bond motifs is 1. The van der Waals surface area contributed by atoms with Crippen LogP contribution in [0.25, 0.3) is 38.2 Å². The van der Waals surface area contributed by atoms with E-state index in [-0.39, 0.29) is 5.56 Å². The van der Waals surface area contributed by atoms with Crippen LogP contribution in [-0.2, 0) is 0 Å². The third-order valence-electron chi connectivity index (χ3n) is 5.02. The first kappa shape index (κ1) is 18.6. The minimum atomic E-state index is -0.470. The van der Waals surface area contributed by atoms with E-state index < -0.39 is 5.69 Å². The lowest BCUT2D eigenvalue weighted by Gasteiger charge is -2.07. The van der Waals surface area contributed by atoms with Gasteiger partial charge in [-0.2, -0.15) is 0 Å². The summed E-state index contributed by atoms with van der Waals surface area (Å²) in [5.74, 6) is 0. The second-order valence-corrected chi connectivity index (χ2v) is 8.16. The first-order valence-electron chi connectivity index (χ1n) is 9.30. The number of aromatic amines is 1. The minimum Gasteiger partial charge on any atom is -0.298 e. The molecule has 4 nitrogen and oxygen atoms in total. The van der Waals surface area contributed by atoms with Crippen molar-refractivity contribution in [3.8, 4) is 27.9 Å². The highest BCUT2D eigenvalue weighted by Gasteiger charge is 2.16. The molecular formula is C24H15ClN2O2S. The highest BCUT2D eigenvalue weighted by atomic mass is 35.5. The van der Waals surface area contributed by atoms with Gasteiger partial charge in [0.25, 0.3) is 5.56 Å². The molecule has 0 spiro atoms. The fourth-order valence-corrected chi connectivity index (χ4v) is 4.61. The Bertz CT molecular complexity index is 1460. The van der Waals surface area contributed by atoms with Gasteiger partial charge in [0.2, 0.25) is 0 Å². The lowest BCUT2D eigenvalue weighted by atomic mass is 10.0. The van der Waals surface area contributed by atoms with Crippen molar-refractivity contribution in [3.63, 3.8) is 0 Å². The van der Waals surface area contributed by atoms with Crippen LogP contribution in [0, 0.1) is 0 Å². The first-order chi connectivity index (χ1) is 14.6. The van der Waals surface area contributed by atoms with Crippen molar-refractivity contribution in [2.45, 2.75) is 0 Å². The molecule has 0 saturated carbocycles. The van der Waals surface area contributed by atoms with Gasteiger partial charge in [0.05, 0.1) is 11.1 Å². The Balaban J connectivity index is 1.66. The molecule has 0 aliphatic rings. The van der Waals surface area contributed by atoms with E-state index in [9.17, 15) is 9.59 Å². The number of hydrogen-bond acceptors (Lipinski definition) is 3. The van der Waals surface area contributed by atoms with Gasteiger partial charge < -0.3 is 0 Å². The van der Waals surface area contributed by atoms with Crippen LogP contribution in [0.1, 0.15) is 0 Å². The summed E-state index contributed by atoms with van der Waals surface area (Å²) in [6.45, 7) is 0. The van der Waals surface area contributed by atoms with Gasteiger partial charge in [-0.25, -0.2) is 9.36 Å². The van der Waals surface area contributed by atoms with E-state index in [1.807, 2.05) is 47.8 Å². The summed E-state index contributed by atoms with van der Waals surface area (Å²) in [7, 11) is 0. The topological polar surface area (TPSA) is 54.9 Å². The number of H-pyrrole nitrogens is 1. The van der Waals surface area contributed by atoms with Crippen molar-refractivity contribution in [2.75, 3.05) is 0 Å². The molecule has 0 aliphatic heterocycles. The van der Waals surface area contributed by atoms with E-state index >= 15 is 0 Å². The molecule has 30 heavy (non-hydrogen) atoms. The van der Waals surface area contributed by atoms with Gasteiger partial charge >= 0.3 is 5.69 Å². The number of benzene rings is 3. The average molecular weight is 431 g/mol. The molecule has 6 heteroatoms. The molecule has 2 heterocycles. The first-order valence-corrected chi connectivity index (χ1v) is 10.6. The largest absolute Gasteiger partial charge is 0.334 e. The predicted molar refractivity (Wildman–Crippen MR) is 124 cm³/mol. The molecule has 0 aliphatic carbocycles. The number of rotatable bonds is 3. The predicted octanol–water partition coefficient (Wildman–Crippen LogP) is 5.73. The molecule has 0 radical (unpaired) electrons. The molecular weight excluding hydrogens is 416 g/mol. The maximum Gasteiger partial charge on any atom is 0.334 e. The maximum atomic E-state index is 13.3. The Morgan fingerprint density at radius 2 is 1.40 bits per heavy atom. The van der Waals surface area contributed by atoms with Crippen LogP contribution >= 0.6 is 22.9 Å². The van der Waals surface area contributed by atoms with Crippen molar-refractivity contribution in [3.05, 3.63) is 110 Å². The summed E-state index contributed by atoms with van der Waals surface area (Å²) in [5.41, 5.74) is 3.62. The summed E-state index contributed by atoms with van der Waals surface area (Å²) in [4.78, 5) is 29.3. The summed E-state index contributed by atoms with van der Waals surface area (Å²) in [5, 5.41) is 2.95. The molecule has 0 amide bonds. The van der Waals surface area contributed by atoms with Crippen LogP contribution in [0.15, 0.2) is 93.8 Å². The fourth-order valence-electron chi connectivity index (χ4n) is 3.53. The number of aromatic nitrogens is 2. The van der Waals surface area contributed by atoms with Crippen LogP contribution in [0.4, 0.5) is 0 Å². The number of nitrogens with zero attached hydrogens (tertiary/aromatic N) is 1. The minimum absolute atomic E-state index is 0.348. The molecule has 1 N–H and O–H groups in total. The summed E-state index contributed by atoms with van der Waals surface area (Å²) in [6.07, 6.45) is 0. The van der Waals surface area contributed by atoms with Gasteiger partial charge in [0.1, 0.15) is 4.83 Å². The number of nitrogens with one attached hydrogen (secondary N) is 1. The van der Waals surface area contributed by atoms with E-state index in [4.69, 9.17) is 11.6 Å². The van der Waals surface area contributed by atoms with E-state index in [2.05, 4.69) is 17.1 Å². The highest BCUT2D eigenvalue weighted by Crippen LogP contribution is 2.32. The Labute approximate surface area is 180 Å². The van der Waals surface area contributed by atoms with Gasteiger partial charge in [-0.05, 0) is 41.0 Å². The zero-order chi connectivity index (χ0) is 20.7. The van der Waals surface area contributed by atoms with Gasteiger partial charge in [0.15, 0.2) is 0 Å². The van der Waals surface area contributed by atoms with E-state index in [0.717, 1.165) is 26.8 Å². The Kier molecular flexibility index (Phi) is 4.62. The van der Waals surface area contributed by atoms with Gasteiger partial charge in [0, 0.05) is 16.0 Å². The van der Waals surface area contributed by atoms with E-state index in [0.29, 0.717) is 20.9 Å². The molecule has 3 aromatic carbocycles. The van der Waals surface area contributed by atoms with Gasteiger partial charge in [-0.1, -0.05) is 66.2 Å². The zero-order valence-corrected chi connectivity index (χ0v) is 17.2. The second kappa shape index (κ2) is 7.44. The Morgan fingerprint density at radius 3 is 2.10 bits per heavy atom. The monoisotopic (exact) mass is 430 g/mol. The summed E-state index contributed by atoms with van der Waals surface area (Å²) < 4.78 is 1.15. The summed E-state index contributed by atoms with van der Waals surface area (Å²) in [6, 6.07) is 24.8. The van der Waals surface area contributed by atoms with Crippen LogP contribution in [0.2, 0.25) is 5.02 Å².